The fraction of sp³-hybridized carbons (Fsp3) is 0.214. The van der Waals surface area contributed by atoms with Crippen LogP contribution in [0.2, 0.25) is 0 Å². The first kappa shape index (κ1) is 13.3. The van der Waals surface area contributed by atoms with E-state index in [1.807, 2.05) is 11.6 Å². The third kappa shape index (κ3) is 2.27. The van der Waals surface area contributed by atoms with Crippen LogP contribution < -0.4 is 0 Å². The smallest absolute Gasteiger partial charge is 0.335 e. The number of imidazole rings is 1. The first-order chi connectivity index (χ1) is 10.1. The lowest BCUT2D eigenvalue weighted by atomic mass is 10.2. The molecule has 0 amide bonds. The average Bonchev–Trinajstić information content (AvgIpc) is 3.04. The van der Waals surface area contributed by atoms with Gasteiger partial charge in [0.1, 0.15) is 12.3 Å². The highest BCUT2D eigenvalue weighted by molar-refractivity contribution is 5.93. The summed E-state index contributed by atoms with van der Waals surface area (Å²) in [7, 11) is 3.42. The highest BCUT2D eigenvalue weighted by Crippen LogP contribution is 2.24. The monoisotopic (exact) mass is 287 g/mol. The van der Waals surface area contributed by atoms with Crippen molar-refractivity contribution >= 4 is 17.0 Å². The molecule has 0 spiro atoms. The highest BCUT2D eigenvalue weighted by atomic mass is 16.5. The number of nitrogens with zero attached hydrogens (tertiary/aromatic N) is 3. The molecule has 0 saturated carbocycles. The molecule has 108 valence electrons. The van der Waals surface area contributed by atoms with Gasteiger partial charge in [0.05, 0.1) is 16.6 Å². The summed E-state index contributed by atoms with van der Waals surface area (Å²) in [6.07, 6.45) is 0. The Kier molecular flexibility index (Phi) is 3.19. The summed E-state index contributed by atoms with van der Waals surface area (Å²) in [5.41, 5.74) is 2.21. The zero-order valence-corrected chi connectivity index (χ0v) is 11.5. The van der Waals surface area contributed by atoms with Crippen LogP contribution >= 0.6 is 0 Å². The molecule has 3 aromatic rings. The maximum atomic E-state index is 11.0. The minimum atomic E-state index is -0.979. The van der Waals surface area contributed by atoms with Gasteiger partial charge in [-0.05, 0) is 18.2 Å². The van der Waals surface area contributed by atoms with Gasteiger partial charge in [-0.2, -0.15) is 0 Å². The van der Waals surface area contributed by atoms with E-state index in [9.17, 15) is 4.79 Å². The van der Waals surface area contributed by atoms with Gasteiger partial charge >= 0.3 is 5.97 Å². The van der Waals surface area contributed by atoms with Crippen molar-refractivity contribution in [2.45, 2.75) is 6.61 Å². The molecule has 7 heteroatoms. The number of aryl methyl sites for hydroxylation is 1. The van der Waals surface area contributed by atoms with Gasteiger partial charge in [-0.25, -0.2) is 9.78 Å². The molecular weight excluding hydrogens is 274 g/mol. The van der Waals surface area contributed by atoms with E-state index in [0.717, 1.165) is 5.52 Å². The summed E-state index contributed by atoms with van der Waals surface area (Å²) in [5, 5.41) is 13.0. The number of methoxy groups -OCH3 is 1. The Morgan fingerprint density at radius 1 is 1.43 bits per heavy atom. The summed E-state index contributed by atoms with van der Waals surface area (Å²) < 4.78 is 12.0. The second kappa shape index (κ2) is 5.02. The van der Waals surface area contributed by atoms with Crippen molar-refractivity contribution in [1.82, 2.24) is 14.7 Å². The zero-order chi connectivity index (χ0) is 15.0. The largest absolute Gasteiger partial charge is 0.478 e. The fourth-order valence-electron chi connectivity index (χ4n) is 2.19. The van der Waals surface area contributed by atoms with Crippen molar-refractivity contribution in [2.24, 2.45) is 7.05 Å². The predicted molar refractivity (Wildman–Crippen MR) is 73.9 cm³/mol. The number of carboxylic acid groups (broad SMARTS) is 1. The van der Waals surface area contributed by atoms with E-state index >= 15 is 0 Å². The molecule has 0 radical (unpaired) electrons. The number of hydrogen-bond donors (Lipinski definition) is 1. The summed E-state index contributed by atoms with van der Waals surface area (Å²) in [6, 6.07) is 6.57. The lowest BCUT2D eigenvalue weighted by Crippen LogP contribution is -1.95. The van der Waals surface area contributed by atoms with Crippen LogP contribution in [0.15, 0.2) is 28.8 Å². The number of carboxylic acids is 1. The maximum absolute atomic E-state index is 11.0. The number of hydrogen-bond acceptors (Lipinski definition) is 5. The number of aromatic carboxylic acids is 1. The molecular formula is C14H13N3O4. The van der Waals surface area contributed by atoms with Crippen LogP contribution in [0, 0.1) is 0 Å². The van der Waals surface area contributed by atoms with Crippen LogP contribution in [0.25, 0.3) is 22.6 Å². The van der Waals surface area contributed by atoms with E-state index in [1.165, 1.54) is 6.07 Å². The molecule has 0 fully saturated rings. The maximum Gasteiger partial charge on any atom is 0.335 e. The first-order valence-corrected chi connectivity index (χ1v) is 6.25. The van der Waals surface area contributed by atoms with Gasteiger partial charge in [-0.15, -0.1) is 0 Å². The molecule has 2 aromatic heterocycles. The van der Waals surface area contributed by atoms with Gasteiger partial charge in [-0.1, -0.05) is 5.16 Å². The SMILES string of the molecule is COCc1cc(-c2nc3cc(C(=O)O)ccc3n2C)no1. The van der Waals surface area contributed by atoms with Crippen molar-refractivity contribution in [3.05, 3.63) is 35.6 Å². The lowest BCUT2D eigenvalue weighted by molar-refractivity contribution is 0.0697. The van der Waals surface area contributed by atoms with Gasteiger partial charge in [0, 0.05) is 20.2 Å². The Labute approximate surface area is 119 Å². The molecule has 2 heterocycles. The molecule has 1 aromatic carbocycles. The van der Waals surface area contributed by atoms with Gasteiger partial charge in [0.25, 0.3) is 0 Å². The minimum Gasteiger partial charge on any atom is -0.478 e. The normalized spacial score (nSPS) is 11.1. The summed E-state index contributed by atoms with van der Waals surface area (Å²) in [5.74, 6) is 0.234. The Balaban J connectivity index is 2.09. The first-order valence-electron chi connectivity index (χ1n) is 6.25. The van der Waals surface area contributed by atoms with Crippen LogP contribution in [-0.2, 0) is 18.4 Å². The molecule has 1 N–H and O–H groups in total. The lowest BCUT2D eigenvalue weighted by Gasteiger charge is -1.98. The van der Waals surface area contributed by atoms with E-state index in [2.05, 4.69) is 10.1 Å². The Hall–Kier alpha value is -2.67. The van der Waals surface area contributed by atoms with Crippen molar-refractivity contribution in [3.8, 4) is 11.5 Å². The van der Waals surface area contributed by atoms with Crippen LogP contribution in [0.4, 0.5) is 0 Å². The van der Waals surface area contributed by atoms with Crippen LogP contribution in [0.1, 0.15) is 16.1 Å². The summed E-state index contributed by atoms with van der Waals surface area (Å²) in [4.78, 5) is 15.4. The number of carbonyl (C=O) groups is 1. The molecule has 0 atom stereocenters. The molecule has 3 rings (SSSR count). The topological polar surface area (TPSA) is 90.4 Å². The Morgan fingerprint density at radius 2 is 2.24 bits per heavy atom. The Morgan fingerprint density at radius 3 is 2.95 bits per heavy atom. The average molecular weight is 287 g/mol. The van der Waals surface area contributed by atoms with E-state index in [4.69, 9.17) is 14.4 Å². The van der Waals surface area contributed by atoms with Crippen LogP contribution in [0.5, 0.6) is 0 Å². The molecule has 21 heavy (non-hydrogen) atoms. The van der Waals surface area contributed by atoms with Crippen LogP contribution in [0.3, 0.4) is 0 Å². The molecule has 0 aliphatic rings. The van der Waals surface area contributed by atoms with Gasteiger partial charge in [0.2, 0.25) is 0 Å². The van der Waals surface area contributed by atoms with E-state index in [1.54, 1.807) is 25.3 Å². The van der Waals surface area contributed by atoms with E-state index in [-0.39, 0.29) is 5.56 Å². The van der Waals surface area contributed by atoms with Crippen molar-refractivity contribution in [3.63, 3.8) is 0 Å². The molecule has 0 unspecified atom stereocenters. The Bertz CT molecular complexity index is 819. The van der Waals surface area contributed by atoms with Crippen LogP contribution in [-0.4, -0.2) is 32.9 Å². The molecule has 0 aliphatic heterocycles. The molecule has 0 bridgehead atoms. The fourth-order valence-corrected chi connectivity index (χ4v) is 2.19. The van der Waals surface area contributed by atoms with Crippen molar-refractivity contribution < 1.29 is 19.2 Å². The second-order valence-electron chi connectivity index (χ2n) is 4.61. The minimum absolute atomic E-state index is 0.201. The predicted octanol–water partition coefficient (Wildman–Crippen LogP) is 2.07. The molecule has 0 aliphatic carbocycles. The highest BCUT2D eigenvalue weighted by Gasteiger charge is 2.15. The van der Waals surface area contributed by atoms with E-state index < -0.39 is 5.97 Å². The van der Waals surface area contributed by atoms with Crippen molar-refractivity contribution in [1.29, 1.82) is 0 Å². The number of rotatable bonds is 4. The quantitative estimate of drug-likeness (QED) is 0.790. The van der Waals surface area contributed by atoms with E-state index in [0.29, 0.717) is 29.4 Å². The van der Waals surface area contributed by atoms with Gasteiger partial charge < -0.3 is 18.9 Å². The molecule has 0 saturated heterocycles. The second-order valence-corrected chi connectivity index (χ2v) is 4.61. The summed E-state index contributed by atoms with van der Waals surface area (Å²) in [6.45, 7) is 0.333. The standard InChI is InChI=1S/C14H13N3O4/c1-17-12-4-3-8(14(18)19)5-10(12)15-13(17)11-6-9(7-20-2)21-16-11/h3-6H,7H2,1-2H3,(H,18,19). The number of benzene rings is 1. The third-order valence-electron chi connectivity index (χ3n) is 3.20. The number of fused-ring (bicyclic) bond motifs is 1. The van der Waals surface area contributed by atoms with Crippen molar-refractivity contribution in [2.75, 3.05) is 7.11 Å². The summed E-state index contributed by atoms with van der Waals surface area (Å²) >= 11 is 0. The number of aromatic nitrogens is 3. The van der Waals surface area contributed by atoms with Gasteiger partial charge in [0.15, 0.2) is 11.6 Å². The zero-order valence-electron chi connectivity index (χ0n) is 11.5. The van der Waals surface area contributed by atoms with Gasteiger partial charge in [-0.3, -0.25) is 0 Å². The molecule has 7 nitrogen and oxygen atoms in total. The third-order valence-corrected chi connectivity index (χ3v) is 3.20. The number of ether oxygens (including phenoxy) is 1.